The Labute approximate surface area is 103 Å². The van der Waals surface area contributed by atoms with Gasteiger partial charge in [0.2, 0.25) is 0 Å². The first kappa shape index (κ1) is 11.8. The molecule has 1 nitrogen and oxygen atoms in total. The number of carbonyl (C=O) groups is 1. The third-order valence-corrected chi connectivity index (χ3v) is 3.48. The minimum absolute atomic E-state index is 0.195. The van der Waals surface area contributed by atoms with E-state index in [1.807, 2.05) is 6.08 Å². The molecule has 17 heavy (non-hydrogen) atoms. The molecule has 0 saturated heterocycles. The molecule has 0 bridgehead atoms. The molecule has 0 amide bonds. The predicted molar refractivity (Wildman–Crippen MR) is 71.9 cm³/mol. The number of hydrogen-bond acceptors (Lipinski definition) is 1. The number of ketones is 1. The molecule has 0 aromatic heterocycles. The summed E-state index contributed by atoms with van der Waals surface area (Å²) in [6.07, 6.45) is 5.89. The summed E-state index contributed by atoms with van der Waals surface area (Å²) in [6, 6.07) is 6.56. The molecule has 0 unspecified atom stereocenters. The van der Waals surface area contributed by atoms with Crippen molar-refractivity contribution < 1.29 is 4.79 Å². The van der Waals surface area contributed by atoms with Crippen molar-refractivity contribution in [3.05, 3.63) is 52.6 Å². The van der Waals surface area contributed by atoms with E-state index in [9.17, 15) is 4.79 Å². The Balaban J connectivity index is 2.30. The average molecular weight is 226 g/mol. The molecule has 1 aliphatic carbocycles. The van der Waals surface area contributed by atoms with Crippen LogP contribution in [0.4, 0.5) is 0 Å². The first-order valence-corrected chi connectivity index (χ1v) is 6.06. The van der Waals surface area contributed by atoms with Gasteiger partial charge in [0.15, 0.2) is 5.78 Å². The second kappa shape index (κ2) is 4.70. The van der Waals surface area contributed by atoms with Crippen molar-refractivity contribution in [1.29, 1.82) is 0 Å². The minimum Gasteiger partial charge on any atom is -0.295 e. The molecular weight excluding hydrogens is 208 g/mol. The quantitative estimate of drug-likeness (QED) is 0.745. The Bertz CT molecular complexity index is 518. The van der Waals surface area contributed by atoms with E-state index in [4.69, 9.17) is 0 Å². The lowest BCUT2D eigenvalue weighted by molar-refractivity contribution is -0.113. The second-order valence-electron chi connectivity index (χ2n) is 4.74. The zero-order valence-corrected chi connectivity index (χ0v) is 10.7. The summed E-state index contributed by atoms with van der Waals surface area (Å²) in [5, 5.41) is 0. The van der Waals surface area contributed by atoms with Crippen LogP contribution in [-0.4, -0.2) is 5.78 Å². The maximum atomic E-state index is 11.2. The van der Waals surface area contributed by atoms with E-state index in [1.165, 1.54) is 22.3 Å². The molecule has 0 aliphatic heterocycles. The molecule has 1 heteroatoms. The van der Waals surface area contributed by atoms with Gasteiger partial charge < -0.3 is 0 Å². The Hall–Kier alpha value is -1.63. The molecule has 88 valence electrons. The first-order valence-electron chi connectivity index (χ1n) is 6.06. The topological polar surface area (TPSA) is 17.1 Å². The molecule has 0 spiro atoms. The van der Waals surface area contributed by atoms with Crippen LogP contribution >= 0.6 is 0 Å². The molecule has 0 fully saturated rings. The van der Waals surface area contributed by atoms with Crippen molar-refractivity contribution >= 4 is 11.4 Å². The maximum Gasteiger partial charge on any atom is 0.155 e. The summed E-state index contributed by atoms with van der Waals surface area (Å²) in [7, 11) is 0. The fraction of sp³-hybridized carbons (Fsp3) is 0.312. The molecule has 1 aromatic rings. The van der Waals surface area contributed by atoms with Gasteiger partial charge in [0, 0.05) is 0 Å². The van der Waals surface area contributed by atoms with E-state index >= 15 is 0 Å². The summed E-state index contributed by atoms with van der Waals surface area (Å²) >= 11 is 0. The zero-order valence-electron chi connectivity index (χ0n) is 10.7. The van der Waals surface area contributed by atoms with E-state index in [0.29, 0.717) is 0 Å². The Kier molecular flexibility index (Phi) is 3.28. The van der Waals surface area contributed by atoms with Crippen LogP contribution in [0.1, 0.15) is 36.5 Å². The molecule has 2 rings (SSSR count). The number of Topliss-reactive ketones (excluding diaryl/α,β-unsaturated/α-hetero) is 1. The molecule has 0 heterocycles. The van der Waals surface area contributed by atoms with E-state index in [0.717, 1.165) is 18.4 Å². The molecule has 0 atom stereocenters. The first-order chi connectivity index (χ1) is 8.08. The van der Waals surface area contributed by atoms with Gasteiger partial charge in [0.25, 0.3) is 0 Å². The number of hydrogen-bond donors (Lipinski definition) is 0. The summed E-state index contributed by atoms with van der Waals surface area (Å²) in [5.41, 5.74) is 6.21. The lowest BCUT2D eigenvalue weighted by Gasteiger charge is -2.14. The summed E-state index contributed by atoms with van der Waals surface area (Å²) < 4.78 is 0. The Morgan fingerprint density at radius 1 is 1.06 bits per heavy atom. The number of carbonyl (C=O) groups excluding carboxylic acids is 1. The fourth-order valence-corrected chi connectivity index (χ4v) is 2.11. The van der Waals surface area contributed by atoms with E-state index < -0.39 is 0 Å². The molecular formula is C16H18O. The Morgan fingerprint density at radius 2 is 1.82 bits per heavy atom. The fourth-order valence-electron chi connectivity index (χ4n) is 2.11. The van der Waals surface area contributed by atoms with Crippen molar-refractivity contribution in [2.75, 3.05) is 0 Å². The highest BCUT2D eigenvalue weighted by Gasteiger charge is 2.11. The van der Waals surface area contributed by atoms with Gasteiger partial charge in [-0.1, -0.05) is 30.4 Å². The van der Waals surface area contributed by atoms with Crippen LogP contribution in [0, 0.1) is 13.8 Å². The standard InChI is InChI=1S/C16H18O/c1-11-4-5-16(10-12(11)2)15-8-6-14(7-9-15)13(3)17/h4-6,8,10H,7,9H2,1-3H3. The van der Waals surface area contributed by atoms with Crippen LogP contribution in [0.15, 0.2) is 35.9 Å². The van der Waals surface area contributed by atoms with Crippen LogP contribution in [0.2, 0.25) is 0 Å². The average Bonchev–Trinajstić information content (AvgIpc) is 2.33. The molecule has 0 radical (unpaired) electrons. The van der Waals surface area contributed by atoms with Crippen molar-refractivity contribution in [3.63, 3.8) is 0 Å². The zero-order chi connectivity index (χ0) is 12.4. The van der Waals surface area contributed by atoms with E-state index in [1.54, 1.807) is 6.92 Å². The maximum absolute atomic E-state index is 11.2. The largest absolute Gasteiger partial charge is 0.295 e. The smallest absolute Gasteiger partial charge is 0.155 e. The summed E-state index contributed by atoms with van der Waals surface area (Å²) in [4.78, 5) is 11.2. The van der Waals surface area contributed by atoms with E-state index in [-0.39, 0.29) is 5.78 Å². The normalized spacial score (nSPS) is 15.2. The number of allylic oxidation sites excluding steroid dienone is 4. The van der Waals surface area contributed by atoms with Gasteiger partial charge in [0.1, 0.15) is 0 Å². The summed E-state index contributed by atoms with van der Waals surface area (Å²) in [6.45, 7) is 5.90. The highest BCUT2D eigenvalue weighted by atomic mass is 16.1. The van der Waals surface area contributed by atoms with Gasteiger partial charge >= 0.3 is 0 Å². The van der Waals surface area contributed by atoms with Crippen LogP contribution in [0.5, 0.6) is 0 Å². The third kappa shape index (κ3) is 2.55. The molecule has 1 aromatic carbocycles. The van der Waals surface area contributed by atoms with Crippen LogP contribution < -0.4 is 0 Å². The monoisotopic (exact) mass is 226 g/mol. The van der Waals surface area contributed by atoms with Gasteiger partial charge in [-0.15, -0.1) is 0 Å². The highest BCUT2D eigenvalue weighted by Crippen LogP contribution is 2.28. The highest BCUT2D eigenvalue weighted by molar-refractivity contribution is 5.94. The van der Waals surface area contributed by atoms with Gasteiger partial charge in [-0.05, 0) is 61.4 Å². The number of benzene rings is 1. The second-order valence-corrected chi connectivity index (χ2v) is 4.74. The predicted octanol–water partition coefficient (Wildman–Crippen LogP) is 4.00. The Morgan fingerprint density at radius 3 is 2.35 bits per heavy atom. The number of rotatable bonds is 2. The van der Waals surface area contributed by atoms with Crippen molar-refractivity contribution in [2.45, 2.75) is 33.6 Å². The minimum atomic E-state index is 0.195. The number of aryl methyl sites for hydroxylation is 2. The van der Waals surface area contributed by atoms with Crippen molar-refractivity contribution in [3.8, 4) is 0 Å². The third-order valence-electron chi connectivity index (χ3n) is 3.48. The van der Waals surface area contributed by atoms with Crippen molar-refractivity contribution in [1.82, 2.24) is 0 Å². The lowest BCUT2D eigenvalue weighted by atomic mass is 9.90. The van der Waals surface area contributed by atoms with Gasteiger partial charge in [-0.3, -0.25) is 4.79 Å². The SMILES string of the molecule is CC(=O)C1=CC=C(c2ccc(C)c(C)c2)CC1. The van der Waals surface area contributed by atoms with Crippen LogP contribution in [-0.2, 0) is 4.79 Å². The molecule has 0 N–H and O–H groups in total. The van der Waals surface area contributed by atoms with Gasteiger partial charge in [0.05, 0.1) is 0 Å². The molecule has 0 saturated carbocycles. The van der Waals surface area contributed by atoms with E-state index in [2.05, 4.69) is 38.1 Å². The van der Waals surface area contributed by atoms with Gasteiger partial charge in [-0.2, -0.15) is 0 Å². The van der Waals surface area contributed by atoms with Crippen LogP contribution in [0.3, 0.4) is 0 Å². The van der Waals surface area contributed by atoms with Gasteiger partial charge in [-0.25, -0.2) is 0 Å². The summed E-state index contributed by atoms with van der Waals surface area (Å²) in [5.74, 6) is 0.195. The lowest BCUT2D eigenvalue weighted by Crippen LogP contribution is -2.01. The van der Waals surface area contributed by atoms with Crippen molar-refractivity contribution in [2.24, 2.45) is 0 Å². The molecule has 1 aliphatic rings. The van der Waals surface area contributed by atoms with Crippen LogP contribution in [0.25, 0.3) is 5.57 Å².